The van der Waals surface area contributed by atoms with Crippen LogP contribution in [-0.4, -0.2) is 27.5 Å². The second-order valence-corrected chi connectivity index (χ2v) is 3.86. The maximum Gasteiger partial charge on any atom is 0.339 e. The third-order valence-electron chi connectivity index (χ3n) is 2.47. The Balaban J connectivity index is 2.22. The van der Waals surface area contributed by atoms with Crippen LogP contribution in [0.15, 0.2) is 47.5 Å². The fourth-order valence-corrected chi connectivity index (χ4v) is 1.49. The van der Waals surface area contributed by atoms with Gasteiger partial charge in [-0.2, -0.15) is 0 Å². The van der Waals surface area contributed by atoms with Crippen LogP contribution in [0.25, 0.3) is 0 Å². The number of benzene rings is 2. The minimum absolute atomic E-state index is 0.163. The molecule has 0 aliphatic carbocycles. The van der Waals surface area contributed by atoms with Crippen molar-refractivity contribution in [1.29, 1.82) is 0 Å². The lowest BCUT2D eigenvalue weighted by atomic mass is 10.2. The van der Waals surface area contributed by atoms with Crippen LogP contribution in [0.4, 0.5) is 5.69 Å². The number of hydrogen-bond donors (Lipinski definition) is 3. The third-order valence-corrected chi connectivity index (χ3v) is 2.47. The van der Waals surface area contributed by atoms with E-state index >= 15 is 0 Å². The molecule has 0 saturated heterocycles. The molecule has 0 atom stereocenters. The first-order valence-electron chi connectivity index (χ1n) is 5.45. The highest BCUT2D eigenvalue weighted by Gasteiger charge is 2.08. The van der Waals surface area contributed by atoms with Crippen LogP contribution in [0.5, 0.6) is 11.5 Å². The summed E-state index contributed by atoms with van der Waals surface area (Å²) in [6.07, 6.45) is 1.55. The van der Waals surface area contributed by atoms with E-state index in [9.17, 15) is 9.90 Å². The monoisotopic (exact) mass is 257 g/mol. The summed E-state index contributed by atoms with van der Waals surface area (Å²) in [7, 11) is 0. The number of carboxylic acid groups (broad SMARTS) is 1. The predicted molar refractivity (Wildman–Crippen MR) is 70.4 cm³/mol. The molecular weight excluding hydrogens is 246 g/mol. The van der Waals surface area contributed by atoms with Gasteiger partial charge in [-0.25, -0.2) is 4.79 Å². The van der Waals surface area contributed by atoms with Crippen molar-refractivity contribution >= 4 is 17.9 Å². The molecule has 0 unspecified atom stereocenters. The van der Waals surface area contributed by atoms with Crippen molar-refractivity contribution in [2.75, 3.05) is 0 Å². The van der Waals surface area contributed by atoms with Gasteiger partial charge in [0.05, 0.1) is 5.69 Å². The summed E-state index contributed by atoms with van der Waals surface area (Å²) >= 11 is 0. The number of aromatic hydroxyl groups is 2. The van der Waals surface area contributed by atoms with Gasteiger partial charge >= 0.3 is 5.97 Å². The van der Waals surface area contributed by atoms with Crippen LogP contribution in [0.2, 0.25) is 0 Å². The van der Waals surface area contributed by atoms with Crippen LogP contribution < -0.4 is 0 Å². The van der Waals surface area contributed by atoms with Gasteiger partial charge in [0, 0.05) is 12.3 Å². The summed E-state index contributed by atoms with van der Waals surface area (Å²) in [5.41, 5.74) is 1.05. The first-order valence-corrected chi connectivity index (χ1v) is 5.45. The van der Waals surface area contributed by atoms with Gasteiger partial charge in [0.2, 0.25) is 0 Å². The molecule has 96 valence electrons. The normalized spacial score (nSPS) is 10.7. The molecule has 0 aliphatic rings. The van der Waals surface area contributed by atoms with Gasteiger partial charge in [-0.15, -0.1) is 0 Å². The van der Waals surface area contributed by atoms with E-state index < -0.39 is 5.97 Å². The zero-order valence-electron chi connectivity index (χ0n) is 9.82. The molecule has 2 rings (SSSR count). The Morgan fingerprint density at radius 1 is 1.05 bits per heavy atom. The maximum absolute atomic E-state index is 10.7. The van der Waals surface area contributed by atoms with Crippen molar-refractivity contribution in [3.8, 4) is 11.5 Å². The van der Waals surface area contributed by atoms with Gasteiger partial charge in [-0.05, 0) is 42.0 Å². The van der Waals surface area contributed by atoms with Crippen LogP contribution in [0, 0.1) is 0 Å². The number of carbonyl (C=O) groups is 1. The molecular formula is C14H11NO4. The van der Waals surface area contributed by atoms with Crippen LogP contribution in [0.3, 0.4) is 0 Å². The molecule has 2 aromatic rings. The topological polar surface area (TPSA) is 90.1 Å². The first kappa shape index (κ1) is 12.6. The van der Waals surface area contributed by atoms with E-state index in [2.05, 4.69) is 4.99 Å². The summed E-state index contributed by atoms with van der Waals surface area (Å²) < 4.78 is 0. The van der Waals surface area contributed by atoms with E-state index in [1.165, 1.54) is 30.3 Å². The van der Waals surface area contributed by atoms with Gasteiger partial charge in [0.25, 0.3) is 0 Å². The molecule has 3 N–H and O–H groups in total. The fourth-order valence-electron chi connectivity index (χ4n) is 1.49. The predicted octanol–water partition coefficient (Wildman–Crippen LogP) is 2.55. The highest BCUT2D eigenvalue weighted by atomic mass is 16.4. The fraction of sp³-hybridized carbons (Fsp3) is 0. The van der Waals surface area contributed by atoms with Gasteiger partial charge in [-0.3, -0.25) is 4.99 Å². The Bertz CT molecular complexity index is 632. The van der Waals surface area contributed by atoms with Crippen molar-refractivity contribution in [1.82, 2.24) is 0 Å². The minimum Gasteiger partial charge on any atom is -0.508 e. The molecule has 0 heterocycles. The molecule has 0 radical (unpaired) electrons. The number of phenolic OH excluding ortho intramolecular Hbond substituents is 1. The number of carboxylic acids is 1. The zero-order chi connectivity index (χ0) is 13.8. The summed E-state index contributed by atoms with van der Waals surface area (Å²) in [5.74, 6) is -1.35. The number of hydrogen-bond acceptors (Lipinski definition) is 4. The number of nitrogens with zero attached hydrogens (tertiary/aromatic N) is 1. The molecule has 5 heteroatoms. The van der Waals surface area contributed by atoms with E-state index in [-0.39, 0.29) is 17.1 Å². The van der Waals surface area contributed by atoms with Crippen molar-refractivity contribution in [3.05, 3.63) is 53.6 Å². The highest BCUT2D eigenvalue weighted by molar-refractivity contribution is 5.91. The van der Waals surface area contributed by atoms with Crippen molar-refractivity contribution in [2.45, 2.75) is 0 Å². The lowest BCUT2D eigenvalue weighted by Gasteiger charge is -2.00. The van der Waals surface area contributed by atoms with Crippen LogP contribution >= 0.6 is 0 Å². The standard InChI is InChI=1S/C14H11NO4/c16-11-4-1-9(2-5-11)8-15-10-3-6-12(14(18)19)13(17)7-10/h1-8,16-17H,(H,18,19)/b15-8+. The lowest BCUT2D eigenvalue weighted by molar-refractivity contribution is 0.0694. The van der Waals surface area contributed by atoms with Gasteiger partial charge in [0.15, 0.2) is 0 Å². The summed E-state index contributed by atoms with van der Waals surface area (Å²) in [6.45, 7) is 0. The quantitative estimate of drug-likeness (QED) is 0.737. The van der Waals surface area contributed by atoms with Crippen LogP contribution in [0.1, 0.15) is 15.9 Å². The Morgan fingerprint density at radius 2 is 1.74 bits per heavy atom. The smallest absolute Gasteiger partial charge is 0.339 e. The van der Waals surface area contributed by atoms with Crippen LogP contribution in [-0.2, 0) is 0 Å². The Kier molecular flexibility index (Phi) is 3.47. The van der Waals surface area contributed by atoms with E-state index in [1.54, 1.807) is 18.3 Å². The highest BCUT2D eigenvalue weighted by Crippen LogP contribution is 2.23. The lowest BCUT2D eigenvalue weighted by Crippen LogP contribution is -1.95. The molecule has 0 aliphatic heterocycles. The zero-order valence-corrected chi connectivity index (χ0v) is 9.82. The second-order valence-electron chi connectivity index (χ2n) is 3.86. The maximum atomic E-state index is 10.7. The van der Waals surface area contributed by atoms with Gasteiger partial charge in [-0.1, -0.05) is 0 Å². The minimum atomic E-state index is -1.19. The molecule has 0 amide bonds. The average molecular weight is 257 g/mol. The van der Waals surface area contributed by atoms with Gasteiger partial charge < -0.3 is 15.3 Å². The number of aliphatic imine (C=N–C) groups is 1. The van der Waals surface area contributed by atoms with E-state index in [0.717, 1.165) is 5.56 Å². The molecule has 19 heavy (non-hydrogen) atoms. The van der Waals surface area contributed by atoms with Crippen molar-refractivity contribution < 1.29 is 20.1 Å². The third kappa shape index (κ3) is 3.10. The largest absolute Gasteiger partial charge is 0.508 e. The SMILES string of the molecule is O=C(O)c1ccc(/N=C/c2ccc(O)cc2)cc1O. The second kappa shape index (κ2) is 5.22. The molecule has 5 nitrogen and oxygen atoms in total. The van der Waals surface area contributed by atoms with Gasteiger partial charge in [0.1, 0.15) is 17.1 Å². The molecule has 0 fully saturated rings. The Hall–Kier alpha value is -2.82. The summed E-state index contributed by atoms with van der Waals surface area (Å²) in [4.78, 5) is 14.8. The summed E-state index contributed by atoms with van der Waals surface area (Å²) in [6, 6.07) is 10.5. The molecule has 0 aromatic heterocycles. The number of aromatic carboxylic acids is 1. The summed E-state index contributed by atoms with van der Waals surface area (Å²) in [5, 5.41) is 27.4. The van der Waals surface area contributed by atoms with E-state index in [1.807, 2.05) is 0 Å². The Morgan fingerprint density at radius 3 is 2.32 bits per heavy atom. The first-order chi connectivity index (χ1) is 9.06. The van der Waals surface area contributed by atoms with Crippen molar-refractivity contribution in [3.63, 3.8) is 0 Å². The Labute approximate surface area is 109 Å². The number of phenols is 2. The van der Waals surface area contributed by atoms with E-state index in [0.29, 0.717) is 5.69 Å². The number of rotatable bonds is 3. The molecule has 2 aromatic carbocycles. The van der Waals surface area contributed by atoms with Crippen molar-refractivity contribution in [2.24, 2.45) is 4.99 Å². The molecule has 0 bridgehead atoms. The molecule has 0 spiro atoms. The van der Waals surface area contributed by atoms with E-state index in [4.69, 9.17) is 10.2 Å². The molecule has 0 saturated carbocycles. The average Bonchev–Trinajstić information content (AvgIpc) is 2.37.